The van der Waals surface area contributed by atoms with E-state index in [0.717, 1.165) is 32.5 Å². The summed E-state index contributed by atoms with van der Waals surface area (Å²) in [6.07, 6.45) is 4.43. The molecule has 0 radical (unpaired) electrons. The van der Waals surface area contributed by atoms with Crippen LogP contribution in [0.1, 0.15) is 18.5 Å². The van der Waals surface area contributed by atoms with Crippen LogP contribution in [-0.2, 0) is 6.42 Å². The Morgan fingerprint density at radius 3 is 3.00 bits per heavy atom. The second-order valence-electron chi connectivity index (χ2n) is 4.45. The number of rotatable bonds is 5. The quantitative estimate of drug-likeness (QED) is 0.599. The number of hydrogen-bond donors (Lipinski definition) is 2. The lowest BCUT2D eigenvalue weighted by Gasteiger charge is -2.23. The van der Waals surface area contributed by atoms with Crippen LogP contribution >= 0.6 is 0 Å². The lowest BCUT2D eigenvalue weighted by molar-refractivity contribution is -0.385. The van der Waals surface area contributed by atoms with Crippen LogP contribution in [0.5, 0.6) is 0 Å². The van der Waals surface area contributed by atoms with Gasteiger partial charge in [-0.15, -0.1) is 0 Å². The van der Waals surface area contributed by atoms with Gasteiger partial charge in [-0.05, 0) is 32.0 Å². The van der Waals surface area contributed by atoms with Crippen LogP contribution in [0.2, 0.25) is 0 Å². The van der Waals surface area contributed by atoms with Crippen LogP contribution in [-0.4, -0.2) is 35.6 Å². The van der Waals surface area contributed by atoms with Crippen LogP contribution in [0.25, 0.3) is 0 Å². The molecule has 0 aliphatic carbocycles. The van der Waals surface area contributed by atoms with Gasteiger partial charge in [0.1, 0.15) is 5.69 Å². The van der Waals surface area contributed by atoms with Gasteiger partial charge in [0.2, 0.25) is 0 Å². The number of nitrogens with one attached hydrogen (secondary N) is 2. The maximum absolute atomic E-state index is 10.8. The van der Waals surface area contributed by atoms with Crippen molar-refractivity contribution < 1.29 is 4.92 Å². The van der Waals surface area contributed by atoms with Gasteiger partial charge in [-0.25, -0.2) is 0 Å². The minimum absolute atomic E-state index is 0.115. The number of aromatic nitrogens is 1. The van der Waals surface area contributed by atoms with Crippen LogP contribution in [0.3, 0.4) is 0 Å². The van der Waals surface area contributed by atoms with Crippen molar-refractivity contribution in [2.24, 2.45) is 0 Å². The summed E-state index contributed by atoms with van der Waals surface area (Å²) in [5.74, 6) is 0. The van der Waals surface area contributed by atoms with E-state index in [2.05, 4.69) is 15.6 Å². The van der Waals surface area contributed by atoms with E-state index in [0.29, 0.717) is 18.2 Å². The Hall–Kier alpha value is -1.53. The molecule has 2 N–H and O–H groups in total. The monoisotopic (exact) mass is 250 g/mol. The van der Waals surface area contributed by atoms with Gasteiger partial charge in [0.15, 0.2) is 0 Å². The highest BCUT2D eigenvalue weighted by Gasteiger charge is 2.15. The molecule has 2 rings (SSSR count). The molecule has 1 saturated heterocycles. The fraction of sp³-hybridized carbons (Fsp3) is 0.583. The van der Waals surface area contributed by atoms with Gasteiger partial charge >= 0.3 is 0 Å². The fourth-order valence-corrected chi connectivity index (χ4v) is 2.21. The van der Waals surface area contributed by atoms with Gasteiger partial charge in [0.25, 0.3) is 5.69 Å². The van der Waals surface area contributed by atoms with Gasteiger partial charge in [-0.3, -0.25) is 15.1 Å². The lowest BCUT2D eigenvalue weighted by atomic mass is 10.1. The molecule has 0 bridgehead atoms. The SMILES string of the molecule is O=[N+]([O-])c1cccnc1CCNC1CCNCC1. The molecule has 1 aromatic rings. The molecule has 1 aromatic heterocycles. The van der Waals surface area contributed by atoms with Crippen molar-refractivity contribution in [3.63, 3.8) is 0 Å². The Labute approximate surface area is 106 Å². The minimum atomic E-state index is -0.368. The zero-order valence-electron chi connectivity index (χ0n) is 10.3. The molecule has 1 aliphatic heterocycles. The maximum Gasteiger partial charge on any atom is 0.290 e. The largest absolute Gasteiger partial charge is 0.317 e. The summed E-state index contributed by atoms with van der Waals surface area (Å²) in [5.41, 5.74) is 0.675. The Balaban J connectivity index is 1.84. The minimum Gasteiger partial charge on any atom is -0.317 e. The molecule has 98 valence electrons. The number of piperidine rings is 1. The second kappa shape index (κ2) is 6.42. The first-order valence-electron chi connectivity index (χ1n) is 6.30. The topological polar surface area (TPSA) is 80.1 Å². The van der Waals surface area contributed by atoms with E-state index in [-0.39, 0.29) is 10.6 Å². The molecule has 0 spiro atoms. The average molecular weight is 250 g/mol. The molecule has 18 heavy (non-hydrogen) atoms. The third kappa shape index (κ3) is 3.48. The third-order valence-electron chi connectivity index (χ3n) is 3.20. The molecule has 1 fully saturated rings. The molecule has 0 atom stereocenters. The van der Waals surface area contributed by atoms with Gasteiger partial charge in [-0.1, -0.05) is 0 Å². The molecule has 0 amide bonds. The summed E-state index contributed by atoms with van der Waals surface area (Å²) in [5, 5.41) is 17.6. The predicted octanol–water partition coefficient (Wildman–Crippen LogP) is 0.874. The summed E-state index contributed by atoms with van der Waals surface area (Å²) in [7, 11) is 0. The Morgan fingerprint density at radius 2 is 2.28 bits per heavy atom. The first-order chi connectivity index (χ1) is 8.77. The standard InChI is InChI=1S/C12H18N4O2/c17-16(18)12-2-1-6-15-11(12)5-9-14-10-3-7-13-8-4-10/h1-2,6,10,13-14H,3-5,7-9H2. The van der Waals surface area contributed by atoms with E-state index in [9.17, 15) is 10.1 Å². The van der Waals surface area contributed by atoms with Gasteiger partial charge in [0, 0.05) is 31.3 Å². The van der Waals surface area contributed by atoms with Crippen molar-refractivity contribution in [3.05, 3.63) is 34.1 Å². The van der Waals surface area contributed by atoms with E-state index in [4.69, 9.17) is 0 Å². The highest BCUT2D eigenvalue weighted by Crippen LogP contribution is 2.15. The molecule has 0 unspecified atom stereocenters. The lowest BCUT2D eigenvalue weighted by Crippen LogP contribution is -2.40. The normalized spacial score (nSPS) is 16.7. The van der Waals surface area contributed by atoms with Gasteiger partial charge in [0.05, 0.1) is 4.92 Å². The Morgan fingerprint density at radius 1 is 1.50 bits per heavy atom. The first-order valence-corrected chi connectivity index (χ1v) is 6.30. The molecule has 1 aliphatic rings. The molecular formula is C12H18N4O2. The van der Waals surface area contributed by atoms with E-state index in [1.807, 2.05) is 0 Å². The van der Waals surface area contributed by atoms with E-state index >= 15 is 0 Å². The Kier molecular flexibility index (Phi) is 4.60. The maximum atomic E-state index is 10.8. The smallest absolute Gasteiger partial charge is 0.290 e. The van der Waals surface area contributed by atoms with E-state index < -0.39 is 0 Å². The van der Waals surface area contributed by atoms with Crippen molar-refractivity contribution in [1.29, 1.82) is 0 Å². The second-order valence-corrected chi connectivity index (χ2v) is 4.45. The summed E-state index contributed by atoms with van der Waals surface area (Å²) in [6, 6.07) is 3.63. The highest BCUT2D eigenvalue weighted by atomic mass is 16.6. The average Bonchev–Trinajstić information content (AvgIpc) is 2.40. The zero-order chi connectivity index (χ0) is 12.8. The summed E-state index contributed by atoms with van der Waals surface area (Å²) in [4.78, 5) is 14.5. The molecule has 6 nitrogen and oxygen atoms in total. The summed E-state index contributed by atoms with van der Waals surface area (Å²) >= 11 is 0. The van der Waals surface area contributed by atoms with Crippen molar-refractivity contribution >= 4 is 5.69 Å². The number of hydrogen-bond acceptors (Lipinski definition) is 5. The molecule has 6 heteroatoms. The molecule has 2 heterocycles. The summed E-state index contributed by atoms with van der Waals surface area (Å²) in [6.45, 7) is 2.82. The van der Waals surface area contributed by atoms with Crippen LogP contribution in [0.15, 0.2) is 18.3 Å². The molecule has 0 aromatic carbocycles. The summed E-state index contributed by atoms with van der Waals surface area (Å²) < 4.78 is 0. The van der Waals surface area contributed by atoms with Crippen molar-refractivity contribution in [1.82, 2.24) is 15.6 Å². The molecule has 0 saturated carbocycles. The number of nitrogens with zero attached hydrogens (tertiary/aromatic N) is 2. The third-order valence-corrected chi connectivity index (χ3v) is 3.20. The highest BCUT2D eigenvalue weighted by molar-refractivity contribution is 5.34. The first kappa shape index (κ1) is 12.9. The van der Waals surface area contributed by atoms with Gasteiger partial charge in [-0.2, -0.15) is 0 Å². The van der Waals surface area contributed by atoms with Gasteiger partial charge < -0.3 is 10.6 Å². The van der Waals surface area contributed by atoms with Crippen molar-refractivity contribution in [2.45, 2.75) is 25.3 Å². The zero-order valence-corrected chi connectivity index (χ0v) is 10.3. The predicted molar refractivity (Wildman–Crippen MR) is 68.5 cm³/mol. The van der Waals surface area contributed by atoms with E-state index in [1.54, 1.807) is 12.3 Å². The number of pyridine rings is 1. The Bertz CT molecular complexity index is 405. The number of nitro groups is 1. The van der Waals surface area contributed by atoms with Crippen molar-refractivity contribution in [3.8, 4) is 0 Å². The fourth-order valence-electron chi connectivity index (χ4n) is 2.21. The van der Waals surface area contributed by atoms with E-state index in [1.165, 1.54) is 6.07 Å². The van der Waals surface area contributed by atoms with Crippen LogP contribution in [0.4, 0.5) is 5.69 Å². The molecular weight excluding hydrogens is 232 g/mol. The van der Waals surface area contributed by atoms with Crippen LogP contribution < -0.4 is 10.6 Å². The van der Waals surface area contributed by atoms with Crippen molar-refractivity contribution in [2.75, 3.05) is 19.6 Å². The van der Waals surface area contributed by atoms with Crippen LogP contribution in [0, 0.1) is 10.1 Å².